The molecular formula is C23H32F3N5O3. The number of benzene rings is 1. The van der Waals surface area contributed by atoms with Gasteiger partial charge in [0.2, 0.25) is 5.91 Å². The molecule has 34 heavy (non-hydrogen) atoms. The van der Waals surface area contributed by atoms with E-state index in [0.717, 1.165) is 4.90 Å². The van der Waals surface area contributed by atoms with Crippen LogP contribution in [0.3, 0.4) is 0 Å². The molecule has 0 saturated carbocycles. The smallest absolute Gasteiger partial charge is 0.395 e. The lowest BCUT2D eigenvalue weighted by Crippen LogP contribution is -2.51. The topological polar surface area (TPSA) is 114 Å². The molecule has 0 spiro atoms. The van der Waals surface area contributed by atoms with E-state index in [0.29, 0.717) is 32.7 Å². The molecular weight excluding hydrogens is 451 g/mol. The van der Waals surface area contributed by atoms with Gasteiger partial charge in [-0.25, -0.2) is 0 Å². The summed E-state index contributed by atoms with van der Waals surface area (Å²) in [5.74, 6) is -1.33. The number of β-amino-alcohol motifs (C(OH)–C–C–N with tert-alkyl or cyclic N) is 1. The molecule has 2 amide bonds. The monoisotopic (exact) mass is 483 g/mol. The van der Waals surface area contributed by atoms with E-state index in [2.05, 4.69) is 0 Å². The van der Waals surface area contributed by atoms with Gasteiger partial charge < -0.3 is 15.7 Å². The zero-order chi connectivity index (χ0) is 25.5. The summed E-state index contributed by atoms with van der Waals surface area (Å²) < 4.78 is 42.6. The van der Waals surface area contributed by atoms with Crippen molar-refractivity contribution in [2.45, 2.75) is 38.5 Å². The Hall–Kier alpha value is -2.68. The number of nitriles is 1. The van der Waals surface area contributed by atoms with E-state index < -0.39 is 30.7 Å². The molecule has 1 saturated heterocycles. The van der Waals surface area contributed by atoms with Gasteiger partial charge >= 0.3 is 6.18 Å². The minimum atomic E-state index is -4.78. The number of halogens is 3. The third-order valence-electron chi connectivity index (χ3n) is 5.87. The van der Waals surface area contributed by atoms with Gasteiger partial charge in [0.25, 0.3) is 5.91 Å². The molecule has 1 unspecified atom stereocenters. The van der Waals surface area contributed by atoms with Crippen LogP contribution in [0.1, 0.15) is 42.2 Å². The minimum absolute atomic E-state index is 0.0341. The van der Waals surface area contributed by atoms with Crippen molar-refractivity contribution in [3.05, 3.63) is 35.4 Å². The Morgan fingerprint density at radius 1 is 1.18 bits per heavy atom. The quantitative estimate of drug-likeness (QED) is 0.491. The number of rotatable bonds is 10. The summed E-state index contributed by atoms with van der Waals surface area (Å²) in [6, 6.07) is 3.32. The number of nitrogens with zero attached hydrogens (tertiary/aromatic N) is 4. The molecule has 1 aromatic rings. The van der Waals surface area contributed by atoms with Crippen LogP contribution in [-0.2, 0) is 4.79 Å². The van der Waals surface area contributed by atoms with Gasteiger partial charge in [0.15, 0.2) is 0 Å². The standard InChI is InChI=1S/C23H32F3N5O3/c1-16(2)15-19(21(28)33)31(8-7-27)20(23(24,25)26)17-3-5-18(6-4-17)22(34)30-11-9-29(10-12-30)13-14-32/h3-6,16,19-20,32H,8-15H2,1-2H3,(H2,28,33)/t19-,20?/m0/s1. The average molecular weight is 484 g/mol. The second-order valence-corrected chi connectivity index (χ2v) is 8.80. The maximum Gasteiger partial charge on any atom is 0.408 e. The number of carbonyl (C=O) groups is 2. The molecule has 1 aliphatic rings. The van der Waals surface area contributed by atoms with E-state index in [4.69, 9.17) is 10.8 Å². The molecule has 1 aliphatic heterocycles. The average Bonchev–Trinajstić information content (AvgIpc) is 2.77. The van der Waals surface area contributed by atoms with E-state index >= 15 is 0 Å². The molecule has 0 radical (unpaired) electrons. The van der Waals surface area contributed by atoms with E-state index in [9.17, 15) is 28.0 Å². The normalized spacial score (nSPS) is 17.0. The Morgan fingerprint density at radius 2 is 1.76 bits per heavy atom. The molecule has 2 rings (SSSR count). The lowest BCUT2D eigenvalue weighted by Gasteiger charge is -2.37. The fourth-order valence-corrected chi connectivity index (χ4v) is 4.20. The Bertz CT molecular complexity index is 862. The van der Waals surface area contributed by atoms with Crippen LogP contribution >= 0.6 is 0 Å². The lowest BCUT2D eigenvalue weighted by atomic mass is 9.96. The van der Waals surface area contributed by atoms with Crippen molar-refractivity contribution in [2.24, 2.45) is 11.7 Å². The number of piperazine rings is 1. The first-order valence-corrected chi connectivity index (χ1v) is 11.2. The molecule has 2 atom stereocenters. The fraction of sp³-hybridized carbons (Fsp3) is 0.609. The number of primary amides is 1. The number of aliphatic hydroxyl groups excluding tert-OH is 1. The van der Waals surface area contributed by atoms with Gasteiger partial charge in [0.1, 0.15) is 6.04 Å². The lowest BCUT2D eigenvalue weighted by molar-refractivity contribution is -0.192. The summed E-state index contributed by atoms with van der Waals surface area (Å²) >= 11 is 0. The molecule has 0 aliphatic carbocycles. The predicted molar refractivity (Wildman–Crippen MR) is 119 cm³/mol. The van der Waals surface area contributed by atoms with Crippen molar-refractivity contribution >= 4 is 11.8 Å². The first kappa shape index (κ1) is 27.6. The van der Waals surface area contributed by atoms with Crippen LogP contribution in [-0.4, -0.2) is 89.7 Å². The summed E-state index contributed by atoms with van der Waals surface area (Å²) in [6.07, 6.45) is -4.71. The predicted octanol–water partition coefficient (Wildman–Crippen LogP) is 1.77. The van der Waals surface area contributed by atoms with Gasteiger partial charge in [-0.1, -0.05) is 26.0 Å². The number of alkyl halides is 3. The van der Waals surface area contributed by atoms with Crippen LogP contribution < -0.4 is 5.73 Å². The first-order valence-electron chi connectivity index (χ1n) is 11.2. The van der Waals surface area contributed by atoms with Gasteiger partial charge in [-0.2, -0.15) is 18.4 Å². The van der Waals surface area contributed by atoms with E-state index in [1.165, 1.54) is 24.3 Å². The minimum Gasteiger partial charge on any atom is -0.395 e. The van der Waals surface area contributed by atoms with Crippen LogP contribution in [0.25, 0.3) is 0 Å². The number of hydrogen-bond donors (Lipinski definition) is 2. The van der Waals surface area contributed by atoms with Gasteiger partial charge in [-0.3, -0.25) is 19.4 Å². The molecule has 8 nitrogen and oxygen atoms in total. The number of nitrogens with two attached hydrogens (primary N) is 1. The van der Waals surface area contributed by atoms with Crippen molar-refractivity contribution in [1.29, 1.82) is 5.26 Å². The van der Waals surface area contributed by atoms with Crippen molar-refractivity contribution in [2.75, 3.05) is 45.9 Å². The van der Waals surface area contributed by atoms with Gasteiger partial charge in [0.05, 0.1) is 25.3 Å². The van der Waals surface area contributed by atoms with Crippen molar-refractivity contribution < 1.29 is 27.9 Å². The number of aliphatic hydroxyl groups is 1. The molecule has 188 valence electrons. The van der Waals surface area contributed by atoms with E-state index in [1.54, 1.807) is 24.8 Å². The summed E-state index contributed by atoms with van der Waals surface area (Å²) in [4.78, 5) is 29.3. The Balaban J connectivity index is 2.29. The molecule has 0 bridgehead atoms. The Kier molecular flexibility index (Phi) is 9.85. The van der Waals surface area contributed by atoms with Gasteiger partial charge in [-0.15, -0.1) is 0 Å². The van der Waals surface area contributed by atoms with Crippen LogP contribution in [0.2, 0.25) is 0 Å². The highest BCUT2D eigenvalue weighted by atomic mass is 19.4. The Morgan fingerprint density at radius 3 is 2.21 bits per heavy atom. The molecule has 1 aromatic carbocycles. The molecule has 11 heteroatoms. The molecule has 0 aromatic heterocycles. The maximum absolute atomic E-state index is 14.2. The number of amides is 2. The van der Waals surface area contributed by atoms with Crippen LogP contribution in [0.15, 0.2) is 24.3 Å². The summed E-state index contributed by atoms with van der Waals surface area (Å²) in [7, 11) is 0. The fourth-order valence-electron chi connectivity index (χ4n) is 4.20. The Labute approximate surface area is 197 Å². The SMILES string of the molecule is CC(C)C[C@@H](C(N)=O)N(CC#N)C(c1ccc(C(=O)N2CCN(CCO)CC2)cc1)C(F)(F)F. The van der Waals surface area contributed by atoms with Gasteiger partial charge in [0, 0.05) is 38.3 Å². The van der Waals surface area contributed by atoms with Gasteiger partial charge in [-0.05, 0) is 30.0 Å². The van der Waals surface area contributed by atoms with Crippen LogP contribution in [0.5, 0.6) is 0 Å². The van der Waals surface area contributed by atoms with E-state index in [1.807, 2.05) is 4.90 Å². The van der Waals surface area contributed by atoms with E-state index in [-0.39, 0.29) is 36.0 Å². The second kappa shape index (κ2) is 12.1. The van der Waals surface area contributed by atoms with Crippen molar-refractivity contribution in [3.8, 4) is 6.07 Å². The highest BCUT2D eigenvalue weighted by Gasteiger charge is 2.48. The zero-order valence-electron chi connectivity index (χ0n) is 19.5. The third kappa shape index (κ3) is 7.16. The first-order chi connectivity index (χ1) is 16.0. The van der Waals surface area contributed by atoms with Crippen LogP contribution in [0.4, 0.5) is 13.2 Å². The molecule has 1 heterocycles. The highest BCUT2D eigenvalue weighted by Crippen LogP contribution is 2.39. The summed E-state index contributed by atoms with van der Waals surface area (Å²) in [6.45, 7) is 5.56. The molecule has 1 fully saturated rings. The number of hydrogen-bond acceptors (Lipinski definition) is 6. The van der Waals surface area contributed by atoms with Crippen LogP contribution in [0, 0.1) is 17.2 Å². The maximum atomic E-state index is 14.2. The summed E-state index contributed by atoms with van der Waals surface area (Å²) in [5, 5.41) is 18.2. The molecule has 3 N–H and O–H groups in total. The highest BCUT2D eigenvalue weighted by molar-refractivity contribution is 5.94. The third-order valence-corrected chi connectivity index (χ3v) is 5.87. The van der Waals surface area contributed by atoms with Crippen molar-refractivity contribution in [3.63, 3.8) is 0 Å². The summed E-state index contributed by atoms with van der Waals surface area (Å²) in [5.41, 5.74) is 5.50. The second-order valence-electron chi connectivity index (χ2n) is 8.80. The largest absolute Gasteiger partial charge is 0.408 e. The zero-order valence-corrected chi connectivity index (χ0v) is 19.5. The number of carbonyl (C=O) groups excluding carboxylic acids is 2. The van der Waals surface area contributed by atoms with Crippen molar-refractivity contribution in [1.82, 2.24) is 14.7 Å².